The van der Waals surface area contributed by atoms with Gasteiger partial charge in [0.15, 0.2) is 4.80 Å². The summed E-state index contributed by atoms with van der Waals surface area (Å²) < 4.78 is 7.62. The molecule has 2 aromatic rings. The van der Waals surface area contributed by atoms with Crippen molar-refractivity contribution in [2.75, 3.05) is 37.8 Å². The Kier molecular flexibility index (Phi) is 6.24. The molecular weight excluding hydrogens is 392 g/mol. The van der Waals surface area contributed by atoms with Gasteiger partial charge in [0.2, 0.25) is 5.91 Å². The van der Waals surface area contributed by atoms with Gasteiger partial charge in [-0.2, -0.15) is 4.99 Å². The molecule has 27 heavy (non-hydrogen) atoms. The van der Waals surface area contributed by atoms with E-state index in [1.807, 2.05) is 0 Å². The van der Waals surface area contributed by atoms with Crippen LogP contribution in [0.15, 0.2) is 23.2 Å². The topological polar surface area (TPSA) is 107 Å². The van der Waals surface area contributed by atoms with Crippen molar-refractivity contribution in [1.29, 1.82) is 0 Å². The lowest BCUT2D eigenvalue weighted by atomic mass is 10.3. The quantitative estimate of drug-likeness (QED) is 0.541. The van der Waals surface area contributed by atoms with Gasteiger partial charge >= 0.3 is 0 Å². The van der Waals surface area contributed by atoms with Crippen molar-refractivity contribution in [3.8, 4) is 0 Å². The highest BCUT2D eigenvalue weighted by molar-refractivity contribution is 8.00. The first kappa shape index (κ1) is 19.5. The number of aromatic nitrogens is 1. The lowest BCUT2D eigenvalue weighted by Crippen LogP contribution is -2.41. The van der Waals surface area contributed by atoms with Gasteiger partial charge in [-0.1, -0.05) is 11.3 Å². The fourth-order valence-corrected chi connectivity index (χ4v) is 4.38. The second kappa shape index (κ2) is 8.63. The van der Waals surface area contributed by atoms with Gasteiger partial charge in [0, 0.05) is 32.3 Å². The van der Waals surface area contributed by atoms with Crippen molar-refractivity contribution in [3.63, 3.8) is 0 Å². The third-order valence-corrected chi connectivity index (χ3v) is 6.04. The second-order valence-corrected chi connectivity index (χ2v) is 7.84. The Hall–Kier alpha value is -2.24. The number of non-ortho nitro benzene ring substituents is 1. The monoisotopic (exact) mass is 410 g/mol. The van der Waals surface area contributed by atoms with Gasteiger partial charge in [-0.3, -0.25) is 19.7 Å². The van der Waals surface area contributed by atoms with E-state index in [4.69, 9.17) is 4.74 Å². The third-order valence-electron chi connectivity index (χ3n) is 4.04. The maximum absolute atomic E-state index is 12.1. The Morgan fingerprint density at radius 3 is 2.78 bits per heavy atom. The van der Waals surface area contributed by atoms with Crippen molar-refractivity contribution < 1.29 is 19.2 Å². The predicted octanol–water partition coefficient (Wildman–Crippen LogP) is 1.17. The highest BCUT2D eigenvalue weighted by Gasteiger charge is 2.17. The van der Waals surface area contributed by atoms with Gasteiger partial charge in [-0.25, -0.2) is 0 Å². The summed E-state index contributed by atoms with van der Waals surface area (Å²) in [5, 5.41) is 10.9. The summed E-state index contributed by atoms with van der Waals surface area (Å²) in [4.78, 5) is 40.9. The molecule has 9 nitrogen and oxygen atoms in total. The Labute approximate surface area is 162 Å². The highest BCUT2D eigenvalue weighted by atomic mass is 32.2. The van der Waals surface area contributed by atoms with Crippen LogP contribution in [0.2, 0.25) is 0 Å². The lowest BCUT2D eigenvalue weighted by Gasteiger charge is -2.26. The summed E-state index contributed by atoms with van der Waals surface area (Å²) in [6.45, 7) is 2.26. The fraction of sp³-hybridized carbons (Fsp3) is 0.438. The number of nitrogens with zero attached hydrogens (tertiary/aromatic N) is 4. The van der Waals surface area contributed by atoms with E-state index in [0.29, 0.717) is 35.8 Å². The number of hydrogen-bond donors (Lipinski definition) is 0. The molecule has 144 valence electrons. The summed E-state index contributed by atoms with van der Waals surface area (Å²) in [5.74, 6) is -0.0153. The SMILES string of the molecule is Cn1c(=NC(=O)CSCC(=O)N2CCOCC2)sc2cc([N+](=O)[O-])ccc21. The minimum Gasteiger partial charge on any atom is -0.378 e. The molecule has 2 heterocycles. The minimum atomic E-state index is -0.455. The number of nitro groups is 1. The number of thioether (sulfide) groups is 1. The molecule has 0 saturated carbocycles. The van der Waals surface area contributed by atoms with Gasteiger partial charge in [-0.05, 0) is 6.07 Å². The van der Waals surface area contributed by atoms with E-state index in [1.54, 1.807) is 22.6 Å². The van der Waals surface area contributed by atoms with Crippen molar-refractivity contribution in [1.82, 2.24) is 9.47 Å². The van der Waals surface area contributed by atoms with E-state index in [9.17, 15) is 19.7 Å². The number of rotatable bonds is 5. The van der Waals surface area contributed by atoms with E-state index >= 15 is 0 Å². The zero-order valence-electron chi connectivity index (χ0n) is 14.6. The number of morpholine rings is 1. The van der Waals surface area contributed by atoms with Crippen molar-refractivity contribution in [2.24, 2.45) is 12.0 Å². The number of fused-ring (bicyclic) bond motifs is 1. The Morgan fingerprint density at radius 2 is 2.07 bits per heavy atom. The van der Waals surface area contributed by atoms with Gasteiger partial charge in [0.25, 0.3) is 11.6 Å². The number of hydrogen-bond acceptors (Lipinski definition) is 7. The van der Waals surface area contributed by atoms with Gasteiger partial charge < -0.3 is 14.2 Å². The molecule has 0 bridgehead atoms. The number of thiazole rings is 1. The summed E-state index contributed by atoms with van der Waals surface area (Å²) in [6, 6.07) is 4.54. The van der Waals surface area contributed by atoms with Crippen LogP contribution in [0, 0.1) is 10.1 Å². The molecule has 1 fully saturated rings. The number of ether oxygens (including phenoxy) is 1. The largest absolute Gasteiger partial charge is 0.378 e. The minimum absolute atomic E-state index is 0.000549. The molecule has 1 saturated heterocycles. The van der Waals surface area contributed by atoms with Crippen LogP contribution in [0.25, 0.3) is 10.2 Å². The molecule has 3 rings (SSSR count). The Bertz CT molecular complexity index is 946. The molecule has 1 aliphatic heterocycles. The number of carbonyl (C=O) groups excluding carboxylic acids is 2. The summed E-state index contributed by atoms with van der Waals surface area (Å²) in [6.07, 6.45) is 0. The first-order chi connectivity index (χ1) is 13.0. The van der Waals surface area contributed by atoms with Gasteiger partial charge in [-0.15, -0.1) is 11.8 Å². The first-order valence-corrected chi connectivity index (χ1v) is 10.2. The molecule has 0 atom stereocenters. The summed E-state index contributed by atoms with van der Waals surface area (Å²) >= 11 is 2.45. The van der Waals surface area contributed by atoms with Crippen LogP contribution in [-0.2, 0) is 21.4 Å². The average Bonchev–Trinajstić information content (AvgIpc) is 2.97. The van der Waals surface area contributed by atoms with E-state index in [0.717, 1.165) is 5.52 Å². The maximum atomic E-state index is 12.1. The first-order valence-electron chi connectivity index (χ1n) is 8.20. The Balaban J connectivity index is 1.63. The zero-order chi connectivity index (χ0) is 19.4. The van der Waals surface area contributed by atoms with Crippen LogP contribution in [0.3, 0.4) is 0 Å². The molecule has 0 unspecified atom stereocenters. The molecule has 1 aromatic carbocycles. The van der Waals surface area contributed by atoms with E-state index in [1.165, 1.54) is 35.2 Å². The van der Waals surface area contributed by atoms with Crippen LogP contribution >= 0.6 is 23.1 Å². The van der Waals surface area contributed by atoms with E-state index in [-0.39, 0.29) is 29.0 Å². The molecule has 0 aliphatic carbocycles. The molecule has 2 amide bonds. The third kappa shape index (κ3) is 4.73. The van der Waals surface area contributed by atoms with Crippen LogP contribution in [-0.4, -0.2) is 64.0 Å². The summed E-state index contributed by atoms with van der Waals surface area (Å²) in [7, 11) is 1.76. The van der Waals surface area contributed by atoms with Crippen LogP contribution in [0.5, 0.6) is 0 Å². The lowest BCUT2D eigenvalue weighted by molar-refractivity contribution is -0.384. The molecular formula is C16H18N4O5S2. The fourth-order valence-electron chi connectivity index (χ4n) is 2.61. The number of nitro benzene ring substituents is 1. The standard InChI is InChI=1S/C16H18N4O5S2/c1-18-12-3-2-11(20(23)24)8-13(12)27-16(18)17-14(21)9-26-10-15(22)19-4-6-25-7-5-19/h2-3,8H,4-7,9-10H2,1H3. The number of carbonyl (C=O) groups is 2. The number of amides is 2. The zero-order valence-corrected chi connectivity index (χ0v) is 16.3. The average molecular weight is 410 g/mol. The van der Waals surface area contributed by atoms with Gasteiger partial charge in [0.05, 0.1) is 39.9 Å². The molecule has 1 aliphatic rings. The van der Waals surface area contributed by atoms with E-state index in [2.05, 4.69) is 4.99 Å². The molecule has 0 spiro atoms. The normalized spacial score (nSPS) is 15.3. The van der Waals surface area contributed by atoms with Crippen LogP contribution < -0.4 is 4.80 Å². The second-order valence-electron chi connectivity index (χ2n) is 5.84. The predicted molar refractivity (Wildman–Crippen MR) is 103 cm³/mol. The number of aryl methyl sites for hydroxylation is 1. The molecule has 11 heteroatoms. The van der Waals surface area contributed by atoms with Crippen molar-refractivity contribution in [3.05, 3.63) is 33.1 Å². The molecule has 1 aromatic heterocycles. The molecule has 0 radical (unpaired) electrons. The van der Waals surface area contributed by atoms with Crippen molar-refractivity contribution in [2.45, 2.75) is 0 Å². The highest BCUT2D eigenvalue weighted by Crippen LogP contribution is 2.22. The van der Waals surface area contributed by atoms with Gasteiger partial charge in [0.1, 0.15) is 0 Å². The van der Waals surface area contributed by atoms with Crippen LogP contribution in [0.1, 0.15) is 0 Å². The summed E-state index contributed by atoms with van der Waals surface area (Å²) in [5.41, 5.74) is 0.770. The van der Waals surface area contributed by atoms with E-state index < -0.39 is 4.92 Å². The van der Waals surface area contributed by atoms with Crippen molar-refractivity contribution >= 4 is 50.8 Å². The smallest absolute Gasteiger partial charge is 0.270 e. The number of benzene rings is 1. The maximum Gasteiger partial charge on any atom is 0.270 e. The molecule has 0 N–H and O–H groups in total. The van der Waals surface area contributed by atoms with Crippen LogP contribution in [0.4, 0.5) is 5.69 Å². The Morgan fingerprint density at radius 1 is 1.33 bits per heavy atom.